The van der Waals surface area contributed by atoms with Crippen molar-refractivity contribution < 1.29 is 10.2 Å². The highest BCUT2D eigenvalue weighted by atomic mass is 16.3. The Morgan fingerprint density at radius 3 is 2.96 bits per heavy atom. The van der Waals surface area contributed by atoms with Crippen molar-refractivity contribution in [1.29, 1.82) is 0 Å². The molecule has 0 radical (unpaired) electrons. The van der Waals surface area contributed by atoms with Crippen LogP contribution in [0.5, 0.6) is 5.75 Å². The van der Waals surface area contributed by atoms with Gasteiger partial charge >= 0.3 is 0 Å². The fourth-order valence-corrected chi connectivity index (χ4v) is 6.33. The molecule has 1 aromatic rings. The largest absolute Gasteiger partial charge is 0.508 e. The minimum Gasteiger partial charge on any atom is -0.508 e. The SMILES string of the molecule is C=CCCC1C[C@H]2[C@@H]3CCc4cc(O)ccc4[C@H]3CC[C@]2(C)[C@@H]1O. The predicted molar refractivity (Wildman–Crippen MR) is 97.0 cm³/mol. The standard InChI is InChI=1S/C22H30O2/c1-3-4-5-15-13-20-19-8-6-14-12-16(23)7-9-17(14)18(19)10-11-22(20,2)21(15)24/h3,7,9,12,15,18-21,23-24H,1,4-6,8,10-11,13H2,2H3/t15?,18-,19-,20+,21-,22+/m1/s1. The summed E-state index contributed by atoms with van der Waals surface area (Å²) in [5, 5.41) is 20.8. The average molecular weight is 326 g/mol. The molecule has 2 heteroatoms. The molecule has 2 fully saturated rings. The Hall–Kier alpha value is -1.28. The molecule has 0 heterocycles. The van der Waals surface area contributed by atoms with Crippen LogP contribution in [0.4, 0.5) is 0 Å². The zero-order valence-corrected chi connectivity index (χ0v) is 14.7. The van der Waals surface area contributed by atoms with E-state index in [1.807, 2.05) is 18.2 Å². The van der Waals surface area contributed by atoms with Gasteiger partial charge < -0.3 is 10.2 Å². The lowest BCUT2D eigenvalue weighted by atomic mass is 9.55. The number of hydrogen-bond acceptors (Lipinski definition) is 2. The smallest absolute Gasteiger partial charge is 0.115 e. The Morgan fingerprint density at radius 1 is 1.33 bits per heavy atom. The highest BCUT2D eigenvalue weighted by Gasteiger charge is 2.57. The van der Waals surface area contributed by atoms with Crippen LogP contribution in [-0.2, 0) is 6.42 Å². The van der Waals surface area contributed by atoms with E-state index in [0.717, 1.165) is 25.7 Å². The number of phenolic OH excluding ortho intramolecular Hbond substituents is 1. The van der Waals surface area contributed by atoms with Gasteiger partial charge in [0.25, 0.3) is 0 Å². The fraction of sp³-hybridized carbons (Fsp3) is 0.636. The number of allylic oxidation sites excluding steroid dienone is 1. The fourth-order valence-electron chi connectivity index (χ4n) is 6.33. The molecule has 0 bridgehead atoms. The van der Waals surface area contributed by atoms with Crippen LogP contribution >= 0.6 is 0 Å². The van der Waals surface area contributed by atoms with Crippen molar-refractivity contribution in [2.75, 3.05) is 0 Å². The zero-order chi connectivity index (χ0) is 16.9. The number of aliphatic hydroxyl groups excluding tert-OH is 1. The number of aryl methyl sites for hydroxylation is 1. The zero-order valence-electron chi connectivity index (χ0n) is 14.7. The molecule has 24 heavy (non-hydrogen) atoms. The Balaban J connectivity index is 1.62. The van der Waals surface area contributed by atoms with E-state index in [9.17, 15) is 10.2 Å². The number of fused-ring (bicyclic) bond motifs is 5. The van der Waals surface area contributed by atoms with Gasteiger partial charge in [-0.3, -0.25) is 0 Å². The van der Waals surface area contributed by atoms with Gasteiger partial charge in [0.15, 0.2) is 0 Å². The summed E-state index contributed by atoms with van der Waals surface area (Å²) in [6, 6.07) is 5.98. The van der Waals surface area contributed by atoms with Crippen molar-refractivity contribution in [3.63, 3.8) is 0 Å². The summed E-state index contributed by atoms with van der Waals surface area (Å²) in [7, 11) is 0. The molecule has 1 aromatic carbocycles. The molecular formula is C22H30O2. The normalized spacial score (nSPS) is 40.5. The Kier molecular flexibility index (Phi) is 3.99. The molecule has 2 saturated carbocycles. The maximum absolute atomic E-state index is 11.0. The summed E-state index contributed by atoms with van der Waals surface area (Å²) in [4.78, 5) is 0. The highest BCUT2D eigenvalue weighted by Crippen LogP contribution is 2.62. The summed E-state index contributed by atoms with van der Waals surface area (Å²) in [6.45, 7) is 6.20. The van der Waals surface area contributed by atoms with E-state index in [1.54, 1.807) is 0 Å². The van der Waals surface area contributed by atoms with E-state index < -0.39 is 0 Å². The lowest BCUT2D eigenvalue weighted by Crippen LogP contribution is -2.44. The maximum atomic E-state index is 11.0. The van der Waals surface area contributed by atoms with Crippen molar-refractivity contribution >= 4 is 0 Å². The van der Waals surface area contributed by atoms with Crippen LogP contribution in [0.25, 0.3) is 0 Å². The number of phenols is 1. The third-order valence-corrected chi connectivity index (χ3v) is 7.57. The maximum Gasteiger partial charge on any atom is 0.115 e. The minimum atomic E-state index is -0.149. The first-order valence-corrected chi connectivity index (χ1v) is 9.65. The summed E-state index contributed by atoms with van der Waals surface area (Å²) < 4.78 is 0. The number of rotatable bonds is 3. The lowest BCUT2D eigenvalue weighted by Gasteiger charge is -2.50. The molecule has 0 saturated heterocycles. The molecule has 6 atom stereocenters. The van der Waals surface area contributed by atoms with Crippen LogP contribution in [0.15, 0.2) is 30.9 Å². The first kappa shape index (κ1) is 16.2. The van der Waals surface area contributed by atoms with Crippen molar-refractivity contribution in [3.05, 3.63) is 42.0 Å². The Morgan fingerprint density at radius 2 is 2.17 bits per heavy atom. The van der Waals surface area contributed by atoms with Gasteiger partial charge in [0, 0.05) is 0 Å². The minimum absolute atomic E-state index is 0.0986. The second kappa shape index (κ2) is 5.91. The predicted octanol–water partition coefficient (Wildman–Crippen LogP) is 4.80. The molecule has 0 amide bonds. The number of benzene rings is 1. The molecule has 4 rings (SSSR count). The number of aliphatic hydroxyl groups is 1. The van der Waals surface area contributed by atoms with Gasteiger partial charge in [-0.15, -0.1) is 6.58 Å². The van der Waals surface area contributed by atoms with Crippen LogP contribution < -0.4 is 0 Å². The summed E-state index contributed by atoms with van der Waals surface area (Å²) in [5.41, 5.74) is 2.92. The number of hydrogen-bond donors (Lipinski definition) is 2. The van der Waals surface area contributed by atoms with Crippen LogP contribution in [0.2, 0.25) is 0 Å². The molecule has 0 aromatic heterocycles. The summed E-state index contributed by atoms with van der Waals surface area (Å²) >= 11 is 0. The molecule has 2 nitrogen and oxygen atoms in total. The summed E-state index contributed by atoms with van der Waals surface area (Å²) in [6.07, 6.45) is 9.71. The van der Waals surface area contributed by atoms with Crippen LogP contribution in [0.1, 0.15) is 62.5 Å². The van der Waals surface area contributed by atoms with E-state index in [0.29, 0.717) is 29.4 Å². The second-order valence-corrected chi connectivity index (χ2v) is 8.65. The van der Waals surface area contributed by atoms with E-state index in [2.05, 4.69) is 19.6 Å². The van der Waals surface area contributed by atoms with Crippen molar-refractivity contribution in [2.45, 2.75) is 63.9 Å². The van der Waals surface area contributed by atoms with E-state index in [4.69, 9.17) is 0 Å². The monoisotopic (exact) mass is 326 g/mol. The van der Waals surface area contributed by atoms with Crippen molar-refractivity contribution in [3.8, 4) is 5.75 Å². The topological polar surface area (TPSA) is 40.5 Å². The summed E-state index contributed by atoms with van der Waals surface area (Å²) in [5.74, 6) is 2.80. The van der Waals surface area contributed by atoms with E-state index in [-0.39, 0.29) is 11.5 Å². The van der Waals surface area contributed by atoms with Crippen molar-refractivity contribution in [2.24, 2.45) is 23.2 Å². The van der Waals surface area contributed by atoms with Gasteiger partial charge in [0.2, 0.25) is 0 Å². The second-order valence-electron chi connectivity index (χ2n) is 8.65. The molecule has 2 N–H and O–H groups in total. The molecule has 3 aliphatic rings. The van der Waals surface area contributed by atoms with Crippen LogP contribution in [0.3, 0.4) is 0 Å². The average Bonchev–Trinajstić information content (AvgIpc) is 2.84. The lowest BCUT2D eigenvalue weighted by molar-refractivity contribution is -0.0332. The van der Waals surface area contributed by atoms with Gasteiger partial charge in [-0.2, -0.15) is 0 Å². The quantitative estimate of drug-likeness (QED) is 0.783. The molecule has 1 unspecified atom stereocenters. The van der Waals surface area contributed by atoms with Gasteiger partial charge in [0.1, 0.15) is 5.75 Å². The third-order valence-electron chi connectivity index (χ3n) is 7.57. The number of aromatic hydroxyl groups is 1. The molecule has 130 valence electrons. The third kappa shape index (κ3) is 2.34. The molecular weight excluding hydrogens is 296 g/mol. The molecule has 0 aliphatic heterocycles. The van der Waals surface area contributed by atoms with Gasteiger partial charge in [-0.25, -0.2) is 0 Å². The molecule has 0 spiro atoms. The van der Waals surface area contributed by atoms with Gasteiger partial charge in [0.05, 0.1) is 6.10 Å². The van der Waals surface area contributed by atoms with Crippen LogP contribution in [0, 0.1) is 23.2 Å². The van der Waals surface area contributed by atoms with Gasteiger partial charge in [-0.1, -0.05) is 19.1 Å². The highest BCUT2D eigenvalue weighted by molar-refractivity contribution is 5.40. The Bertz CT molecular complexity index is 637. The first-order chi connectivity index (χ1) is 11.5. The van der Waals surface area contributed by atoms with Crippen molar-refractivity contribution in [1.82, 2.24) is 0 Å². The Labute approximate surface area is 145 Å². The van der Waals surface area contributed by atoms with E-state index in [1.165, 1.54) is 30.4 Å². The van der Waals surface area contributed by atoms with Gasteiger partial charge in [-0.05, 0) is 97.3 Å². The first-order valence-electron chi connectivity index (χ1n) is 9.65. The van der Waals surface area contributed by atoms with E-state index >= 15 is 0 Å². The van der Waals surface area contributed by atoms with Crippen LogP contribution in [-0.4, -0.2) is 16.3 Å². The molecule has 3 aliphatic carbocycles.